The van der Waals surface area contributed by atoms with E-state index < -0.39 is 46.9 Å². The summed E-state index contributed by atoms with van der Waals surface area (Å²) in [7, 11) is -4.66. The van der Waals surface area contributed by atoms with Gasteiger partial charge in [-0.2, -0.15) is 8.42 Å². The molecule has 10 heteroatoms. The van der Waals surface area contributed by atoms with Crippen LogP contribution in [0.5, 0.6) is 0 Å². The van der Waals surface area contributed by atoms with Gasteiger partial charge in [-0.05, 0) is 38.3 Å². The molecular formula is C19H22O9S. The van der Waals surface area contributed by atoms with Crippen LogP contribution in [0.3, 0.4) is 0 Å². The Morgan fingerprint density at radius 1 is 1.41 bits per heavy atom. The molecule has 2 aliphatic carbocycles. The molecule has 1 fully saturated rings. The van der Waals surface area contributed by atoms with Crippen LogP contribution in [0.4, 0.5) is 0 Å². The molecular weight excluding hydrogens is 404 g/mol. The van der Waals surface area contributed by atoms with Crippen molar-refractivity contribution in [1.29, 1.82) is 0 Å². The highest BCUT2D eigenvalue weighted by Crippen LogP contribution is 2.47. The minimum absolute atomic E-state index is 0.199. The lowest BCUT2D eigenvalue weighted by atomic mass is 9.83. The van der Waals surface area contributed by atoms with Crippen molar-refractivity contribution in [3.05, 3.63) is 34.9 Å². The molecule has 0 aromatic heterocycles. The van der Waals surface area contributed by atoms with Crippen molar-refractivity contribution in [3.8, 4) is 0 Å². The molecule has 0 amide bonds. The van der Waals surface area contributed by atoms with Crippen LogP contribution in [-0.2, 0) is 38.4 Å². The molecule has 0 aromatic carbocycles. The Kier molecular flexibility index (Phi) is 5.79. The van der Waals surface area contributed by atoms with E-state index in [-0.39, 0.29) is 18.3 Å². The van der Waals surface area contributed by atoms with Gasteiger partial charge in [0.15, 0.2) is 5.78 Å². The number of carbonyl (C=O) groups is 3. The Morgan fingerprint density at radius 2 is 2.10 bits per heavy atom. The Balaban J connectivity index is 1.74. The first-order valence-electron chi connectivity index (χ1n) is 9.12. The summed E-state index contributed by atoms with van der Waals surface area (Å²) >= 11 is 0. The van der Waals surface area contributed by atoms with Crippen molar-refractivity contribution in [1.82, 2.24) is 0 Å². The molecule has 1 saturated heterocycles. The number of rotatable bonds is 6. The molecule has 0 bridgehead atoms. The average Bonchev–Trinajstić information content (AvgIpc) is 3.05. The van der Waals surface area contributed by atoms with Gasteiger partial charge in [-0.25, -0.2) is 8.98 Å². The van der Waals surface area contributed by atoms with Crippen molar-refractivity contribution in [2.45, 2.75) is 32.8 Å². The van der Waals surface area contributed by atoms with E-state index in [9.17, 15) is 22.8 Å². The number of ketones is 1. The average molecular weight is 426 g/mol. The van der Waals surface area contributed by atoms with E-state index in [0.717, 1.165) is 5.57 Å². The Morgan fingerprint density at radius 3 is 2.76 bits per heavy atom. The second kappa shape index (κ2) is 7.85. The highest BCUT2D eigenvalue weighted by molar-refractivity contribution is 7.80. The SMILES string of the molecule is C=C1C(=O)OC2C1CCC(C)=C1C(=O)C=C(COC(=O)C(C)COS(=O)(=O)O)C12. The van der Waals surface area contributed by atoms with Crippen LogP contribution in [0.2, 0.25) is 0 Å². The summed E-state index contributed by atoms with van der Waals surface area (Å²) in [5.41, 5.74) is 2.37. The van der Waals surface area contributed by atoms with E-state index in [1.807, 2.05) is 6.92 Å². The van der Waals surface area contributed by atoms with Gasteiger partial charge < -0.3 is 9.47 Å². The third kappa shape index (κ3) is 4.34. The monoisotopic (exact) mass is 426 g/mol. The first-order valence-corrected chi connectivity index (χ1v) is 10.5. The van der Waals surface area contributed by atoms with Crippen LogP contribution in [-0.4, -0.2) is 50.0 Å². The molecule has 0 saturated carbocycles. The van der Waals surface area contributed by atoms with Crippen LogP contribution < -0.4 is 0 Å². The number of fused-ring (bicyclic) bond motifs is 3. The number of hydrogen-bond donors (Lipinski definition) is 1. The number of hydrogen-bond acceptors (Lipinski definition) is 8. The van der Waals surface area contributed by atoms with Crippen LogP contribution in [0.15, 0.2) is 34.9 Å². The summed E-state index contributed by atoms with van der Waals surface area (Å²) in [6, 6.07) is 0. The zero-order valence-electron chi connectivity index (χ0n) is 16.0. The van der Waals surface area contributed by atoms with Crippen LogP contribution in [0.25, 0.3) is 0 Å². The minimum Gasteiger partial charge on any atom is -0.461 e. The largest absolute Gasteiger partial charge is 0.461 e. The smallest absolute Gasteiger partial charge is 0.397 e. The van der Waals surface area contributed by atoms with Gasteiger partial charge >= 0.3 is 22.3 Å². The lowest BCUT2D eigenvalue weighted by molar-refractivity contribution is -0.148. The first kappa shape index (κ1) is 21.4. The zero-order valence-corrected chi connectivity index (χ0v) is 16.9. The molecule has 0 aromatic rings. The Labute approximate surface area is 168 Å². The molecule has 1 heterocycles. The fourth-order valence-corrected chi connectivity index (χ4v) is 4.36. The van der Waals surface area contributed by atoms with Gasteiger partial charge in [-0.15, -0.1) is 0 Å². The molecule has 3 aliphatic rings. The topological polar surface area (TPSA) is 133 Å². The van der Waals surface area contributed by atoms with Crippen LogP contribution in [0.1, 0.15) is 26.7 Å². The van der Waals surface area contributed by atoms with Gasteiger partial charge in [0.1, 0.15) is 12.7 Å². The summed E-state index contributed by atoms with van der Waals surface area (Å²) in [6.07, 6.45) is 2.11. The van der Waals surface area contributed by atoms with Gasteiger partial charge in [-0.1, -0.05) is 12.2 Å². The van der Waals surface area contributed by atoms with Gasteiger partial charge in [0.25, 0.3) is 0 Å². The van der Waals surface area contributed by atoms with Crippen molar-refractivity contribution in [3.63, 3.8) is 0 Å². The highest BCUT2D eigenvalue weighted by Gasteiger charge is 2.50. The second-order valence-electron chi connectivity index (χ2n) is 7.52. The van der Waals surface area contributed by atoms with E-state index >= 15 is 0 Å². The molecule has 9 nitrogen and oxygen atoms in total. The normalized spacial score (nSPS) is 27.8. The third-order valence-electron chi connectivity index (χ3n) is 5.51. The van der Waals surface area contributed by atoms with Gasteiger partial charge in [0.05, 0.1) is 18.4 Å². The predicted octanol–water partition coefficient (Wildman–Crippen LogP) is 1.32. The van der Waals surface area contributed by atoms with E-state index in [0.29, 0.717) is 29.6 Å². The summed E-state index contributed by atoms with van der Waals surface area (Å²) in [6.45, 7) is 6.27. The summed E-state index contributed by atoms with van der Waals surface area (Å²) in [5, 5.41) is 0. The molecule has 0 spiro atoms. The molecule has 3 rings (SSSR count). The molecule has 1 N–H and O–H groups in total. The maximum atomic E-state index is 12.6. The molecule has 29 heavy (non-hydrogen) atoms. The maximum absolute atomic E-state index is 12.6. The fourth-order valence-electron chi connectivity index (χ4n) is 3.99. The van der Waals surface area contributed by atoms with Crippen molar-refractivity contribution >= 4 is 28.1 Å². The number of esters is 2. The van der Waals surface area contributed by atoms with Crippen LogP contribution >= 0.6 is 0 Å². The minimum atomic E-state index is -4.66. The molecule has 1 aliphatic heterocycles. The van der Waals surface area contributed by atoms with Crippen molar-refractivity contribution < 1.29 is 41.0 Å². The number of allylic oxidation sites excluding steroid dienone is 2. The van der Waals surface area contributed by atoms with Crippen molar-refractivity contribution in [2.75, 3.05) is 13.2 Å². The second-order valence-corrected chi connectivity index (χ2v) is 8.61. The standard InChI is InChI=1S/C19H22O9S/c1-9-4-5-13-11(3)19(22)28-17(13)16-12(6-14(20)15(9)16)8-26-18(21)10(2)7-27-29(23,24)25/h6,10,13,16-17H,3-5,7-8H2,1-2H3,(H,23,24,25). The number of carbonyl (C=O) groups excluding carboxylic acids is 3. The highest BCUT2D eigenvalue weighted by atomic mass is 32.3. The lowest BCUT2D eigenvalue weighted by Crippen LogP contribution is -2.30. The van der Waals surface area contributed by atoms with Gasteiger partial charge in [-0.3, -0.25) is 14.1 Å². The molecule has 158 valence electrons. The molecule has 4 atom stereocenters. The number of ether oxygens (including phenoxy) is 2. The van der Waals surface area contributed by atoms with Gasteiger partial charge in [0.2, 0.25) is 0 Å². The summed E-state index contributed by atoms with van der Waals surface area (Å²) < 4.78 is 44.7. The Bertz CT molecular complexity index is 941. The van der Waals surface area contributed by atoms with Crippen LogP contribution in [0, 0.1) is 17.8 Å². The fraction of sp³-hybridized carbons (Fsp3) is 0.526. The molecule has 0 radical (unpaired) electrons. The summed E-state index contributed by atoms with van der Waals surface area (Å²) in [4.78, 5) is 36.7. The third-order valence-corrected chi connectivity index (χ3v) is 5.94. The van der Waals surface area contributed by atoms with E-state index in [1.54, 1.807) is 0 Å². The van der Waals surface area contributed by atoms with Gasteiger partial charge in [0, 0.05) is 17.1 Å². The first-order chi connectivity index (χ1) is 13.5. The predicted molar refractivity (Wildman–Crippen MR) is 98.6 cm³/mol. The van der Waals surface area contributed by atoms with E-state index in [4.69, 9.17) is 14.0 Å². The molecule has 4 unspecified atom stereocenters. The van der Waals surface area contributed by atoms with Crippen molar-refractivity contribution in [2.24, 2.45) is 17.8 Å². The van der Waals surface area contributed by atoms with E-state index in [1.165, 1.54) is 13.0 Å². The summed E-state index contributed by atoms with van der Waals surface area (Å²) in [5.74, 6) is -3.12. The zero-order chi connectivity index (χ0) is 21.5. The van der Waals surface area contributed by atoms with E-state index in [2.05, 4.69) is 10.8 Å². The quantitative estimate of drug-likeness (QED) is 0.379. The Hall–Kier alpha value is -2.30. The lowest BCUT2D eigenvalue weighted by Gasteiger charge is -2.25. The maximum Gasteiger partial charge on any atom is 0.397 e.